The summed E-state index contributed by atoms with van der Waals surface area (Å²) in [7, 11) is -3.58. The summed E-state index contributed by atoms with van der Waals surface area (Å²) in [6.45, 7) is 4.30. The Labute approximate surface area is 271 Å². The van der Waals surface area contributed by atoms with Crippen LogP contribution < -0.4 is 9.62 Å². The summed E-state index contributed by atoms with van der Waals surface area (Å²) in [5, 5.41) is 3.27. The van der Waals surface area contributed by atoms with E-state index in [1.807, 2.05) is 80.6 Å². The number of carbonyl (C=O) groups excluding carboxylic acids is 2. The predicted octanol–water partition coefficient (Wildman–Crippen LogP) is 6.70. The van der Waals surface area contributed by atoms with Gasteiger partial charge in [-0.1, -0.05) is 89.8 Å². The molecule has 0 spiro atoms. The Morgan fingerprint density at radius 3 is 2.25 bits per heavy atom. The molecule has 0 saturated heterocycles. The molecule has 3 aromatic rings. The first-order valence-electron chi connectivity index (χ1n) is 15.4. The minimum atomic E-state index is -3.58. The molecule has 0 heterocycles. The van der Waals surface area contributed by atoms with Crippen molar-refractivity contribution in [3.05, 3.63) is 99.5 Å². The van der Waals surface area contributed by atoms with Gasteiger partial charge < -0.3 is 10.2 Å². The minimum absolute atomic E-state index is 0.107. The van der Waals surface area contributed by atoms with Crippen molar-refractivity contribution in [3.8, 4) is 0 Å². The highest BCUT2D eigenvalue weighted by atomic mass is 79.9. The van der Waals surface area contributed by atoms with Crippen molar-refractivity contribution >= 4 is 43.5 Å². The zero-order valence-corrected chi connectivity index (χ0v) is 28.4. The van der Waals surface area contributed by atoms with Gasteiger partial charge in [-0.15, -0.1) is 0 Å². The SMILES string of the molecule is Cc1cccc(N(CCCC(=O)N(Cc2ccc(Br)cc2)C(Cc2ccccc2)C(=O)NC2CCCCC2)S(C)(=O)=O)c1C. The van der Waals surface area contributed by atoms with Gasteiger partial charge in [0.15, 0.2) is 0 Å². The number of anilines is 1. The van der Waals surface area contributed by atoms with Crippen LogP contribution in [0.3, 0.4) is 0 Å². The van der Waals surface area contributed by atoms with Crippen molar-refractivity contribution in [2.45, 2.75) is 83.8 Å². The normalized spacial score (nSPS) is 14.5. The molecule has 1 saturated carbocycles. The molecule has 0 radical (unpaired) electrons. The topological polar surface area (TPSA) is 86.8 Å². The highest BCUT2D eigenvalue weighted by Gasteiger charge is 2.32. The van der Waals surface area contributed by atoms with Gasteiger partial charge in [0.2, 0.25) is 21.8 Å². The number of amides is 2. The van der Waals surface area contributed by atoms with Crippen molar-refractivity contribution in [1.82, 2.24) is 10.2 Å². The lowest BCUT2D eigenvalue weighted by atomic mass is 9.94. The van der Waals surface area contributed by atoms with Gasteiger partial charge in [0.25, 0.3) is 0 Å². The third kappa shape index (κ3) is 9.41. The number of rotatable bonds is 13. The van der Waals surface area contributed by atoms with Crippen molar-refractivity contribution in [2.75, 3.05) is 17.1 Å². The predicted molar refractivity (Wildman–Crippen MR) is 181 cm³/mol. The molecule has 0 aliphatic heterocycles. The number of hydrogen-bond donors (Lipinski definition) is 1. The van der Waals surface area contributed by atoms with E-state index in [1.165, 1.54) is 17.0 Å². The average molecular weight is 683 g/mol. The van der Waals surface area contributed by atoms with Crippen LogP contribution in [0.2, 0.25) is 0 Å². The zero-order valence-electron chi connectivity index (χ0n) is 26.0. The summed E-state index contributed by atoms with van der Waals surface area (Å²) in [5.74, 6) is -0.318. The van der Waals surface area contributed by atoms with Gasteiger partial charge in [-0.25, -0.2) is 8.42 Å². The second-order valence-electron chi connectivity index (χ2n) is 11.9. The van der Waals surface area contributed by atoms with E-state index >= 15 is 0 Å². The molecule has 7 nitrogen and oxygen atoms in total. The molecule has 3 aromatic carbocycles. The fourth-order valence-electron chi connectivity index (χ4n) is 5.87. The molecule has 1 aliphatic carbocycles. The third-order valence-corrected chi connectivity index (χ3v) is 10.2. The van der Waals surface area contributed by atoms with Crippen LogP contribution in [0, 0.1) is 13.8 Å². The maximum absolute atomic E-state index is 14.1. The molecule has 1 atom stereocenters. The molecule has 0 aromatic heterocycles. The Kier molecular flexibility index (Phi) is 12.0. The van der Waals surface area contributed by atoms with Crippen LogP contribution in [0.4, 0.5) is 5.69 Å². The fourth-order valence-corrected chi connectivity index (χ4v) is 7.15. The van der Waals surface area contributed by atoms with Crippen LogP contribution in [-0.2, 0) is 32.6 Å². The van der Waals surface area contributed by atoms with Crippen LogP contribution in [0.1, 0.15) is 67.2 Å². The van der Waals surface area contributed by atoms with E-state index in [4.69, 9.17) is 0 Å². The van der Waals surface area contributed by atoms with Crippen molar-refractivity contribution in [3.63, 3.8) is 0 Å². The van der Waals surface area contributed by atoms with Gasteiger partial charge in [-0.05, 0) is 73.6 Å². The van der Waals surface area contributed by atoms with Crippen molar-refractivity contribution in [2.24, 2.45) is 0 Å². The molecule has 2 amide bonds. The van der Waals surface area contributed by atoms with E-state index in [2.05, 4.69) is 21.2 Å². The maximum Gasteiger partial charge on any atom is 0.243 e. The molecule has 236 valence electrons. The molecule has 1 unspecified atom stereocenters. The smallest absolute Gasteiger partial charge is 0.243 e. The van der Waals surface area contributed by atoms with Gasteiger partial charge in [0, 0.05) is 36.4 Å². The lowest BCUT2D eigenvalue weighted by Gasteiger charge is -2.34. The van der Waals surface area contributed by atoms with Crippen molar-refractivity contribution < 1.29 is 18.0 Å². The first-order valence-corrected chi connectivity index (χ1v) is 18.1. The van der Waals surface area contributed by atoms with Crippen LogP contribution in [0.25, 0.3) is 0 Å². The minimum Gasteiger partial charge on any atom is -0.352 e. The lowest BCUT2D eigenvalue weighted by Crippen LogP contribution is -2.52. The molecule has 1 fully saturated rings. The zero-order chi connectivity index (χ0) is 31.7. The fraction of sp³-hybridized carbons (Fsp3) is 0.429. The van der Waals surface area contributed by atoms with E-state index in [1.54, 1.807) is 11.0 Å². The van der Waals surface area contributed by atoms with Crippen LogP contribution in [-0.4, -0.2) is 50.0 Å². The summed E-state index contributed by atoms with van der Waals surface area (Å²) in [4.78, 5) is 29.8. The standard InChI is InChI=1S/C35H44BrN3O4S/c1-26-12-10-17-32(27(26)2)39(44(3,42)43)23-11-18-34(40)38(25-29-19-21-30(36)22-20-29)33(24-28-13-6-4-7-14-28)35(41)37-31-15-8-5-9-16-31/h4,6-7,10,12-14,17,19-22,31,33H,5,8-9,11,15-16,18,23-25H2,1-3H3,(H,37,41). The van der Waals surface area contributed by atoms with Crippen LogP contribution in [0.5, 0.6) is 0 Å². The number of carbonyl (C=O) groups is 2. The molecule has 9 heteroatoms. The molecular formula is C35H44BrN3O4S. The van der Waals surface area contributed by atoms with E-state index in [-0.39, 0.29) is 37.4 Å². The number of aryl methyl sites for hydroxylation is 1. The molecule has 44 heavy (non-hydrogen) atoms. The summed E-state index contributed by atoms with van der Waals surface area (Å²) in [6.07, 6.45) is 7.27. The van der Waals surface area contributed by atoms with Gasteiger partial charge in [-0.2, -0.15) is 0 Å². The number of sulfonamides is 1. The summed E-state index contributed by atoms with van der Waals surface area (Å²) in [5.41, 5.74) is 4.41. The number of hydrogen-bond acceptors (Lipinski definition) is 4. The van der Waals surface area contributed by atoms with Gasteiger partial charge >= 0.3 is 0 Å². The van der Waals surface area contributed by atoms with E-state index in [0.29, 0.717) is 18.5 Å². The maximum atomic E-state index is 14.1. The third-order valence-electron chi connectivity index (χ3n) is 8.49. The number of nitrogens with zero attached hydrogens (tertiary/aromatic N) is 2. The Morgan fingerprint density at radius 2 is 1.59 bits per heavy atom. The first-order chi connectivity index (χ1) is 21.0. The first kappa shape index (κ1) is 33.7. The van der Waals surface area contributed by atoms with Crippen LogP contribution in [0.15, 0.2) is 77.3 Å². The lowest BCUT2D eigenvalue weighted by molar-refractivity contribution is -0.141. The average Bonchev–Trinajstić information content (AvgIpc) is 3.00. The number of nitrogens with one attached hydrogen (secondary N) is 1. The second-order valence-corrected chi connectivity index (χ2v) is 14.7. The largest absolute Gasteiger partial charge is 0.352 e. The summed E-state index contributed by atoms with van der Waals surface area (Å²) < 4.78 is 28.0. The Morgan fingerprint density at radius 1 is 0.909 bits per heavy atom. The Balaban J connectivity index is 1.60. The second kappa shape index (κ2) is 15.7. The van der Waals surface area contributed by atoms with Gasteiger partial charge in [0.05, 0.1) is 11.9 Å². The monoisotopic (exact) mass is 681 g/mol. The summed E-state index contributed by atoms with van der Waals surface area (Å²) in [6, 6.07) is 22.6. The van der Waals surface area contributed by atoms with E-state index in [0.717, 1.165) is 52.4 Å². The number of halogens is 1. The molecule has 1 N–H and O–H groups in total. The molecular weight excluding hydrogens is 638 g/mol. The van der Waals surface area contributed by atoms with Crippen molar-refractivity contribution in [1.29, 1.82) is 0 Å². The quantitative estimate of drug-likeness (QED) is 0.218. The van der Waals surface area contributed by atoms with Gasteiger partial charge in [-0.3, -0.25) is 13.9 Å². The highest BCUT2D eigenvalue weighted by molar-refractivity contribution is 9.10. The molecule has 4 rings (SSSR count). The van der Waals surface area contributed by atoms with E-state index < -0.39 is 16.1 Å². The van der Waals surface area contributed by atoms with Crippen LogP contribution >= 0.6 is 15.9 Å². The van der Waals surface area contributed by atoms with E-state index in [9.17, 15) is 18.0 Å². The Bertz CT molecular complexity index is 1510. The summed E-state index contributed by atoms with van der Waals surface area (Å²) >= 11 is 3.49. The highest BCUT2D eigenvalue weighted by Crippen LogP contribution is 2.26. The number of benzene rings is 3. The Hall–Kier alpha value is -3.17. The molecule has 0 bridgehead atoms. The van der Waals surface area contributed by atoms with Gasteiger partial charge in [0.1, 0.15) is 6.04 Å². The molecule has 1 aliphatic rings.